The molecule has 0 aromatic carbocycles. The van der Waals surface area contributed by atoms with Crippen molar-refractivity contribution in [3.05, 3.63) is 45.9 Å². The Bertz CT molecular complexity index is 1100. The molecule has 8 nitrogen and oxygen atoms in total. The third-order valence-electron chi connectivity index (χ3n) is 4.63. The number of carbonyl (C=O) groups is 1. The highest BCUT2D eigenvalue weighted by Crippen LogP contribution is 2.38. The van der Waals surface area contributed by atoms with E-state index in [1.165, 1.54) is 19.5 Å². The standard InChI is InChI=1S/C19H17ClFN5O3S/c1-10-5-11(12-6-15(20)23-8-14(12)28-2)13(7-22-10)16(27)24-18-26-25-17(30-18)19(21)3-4-29-9-19/h5-8H,3-4,9H2,1-2H3,(H,24,26,27)/t19-/m0/s1. The lowest BCUT2D eigenvalue weighted by Crippen LogP contribution is -2.19. The van der Waals surface area contributed by atoms with Crippen LogP contribution in [-0.4, -0.2) is 46.4 Å². The maximum absolute atomic E-state index is 14.8. The van der Waals surface area contributed by atoms with E-state index >= 15 is 0 Å². The summed E-state index contributed by atoms with van der Waals surface area (Å²) in [4.78, 5) is 21.2. The molecule has 1 aliphatic heterocycles. The van der Waals surface area contributed by atoms with Crippen LogP contribution in [-0.2, 0) is 10.4 Å². The van der Waals surface area contributed by atoms with Crippen LogP contribution in [0.15, 0.2) is 24.5 Å². The summed E-state index contributed by atoms with van der Waals surface area (Å²) in [5, 5.41) is 11.1. The number of ether oxygens (including phenoxy) is 2. The van der Waals surface area contributed by atoms with Crippen LogP contribution >= 0.6 is 22.9 Å². The number of methoxy groups -OCH3 is 1. The Labute approximate surface area is 180 Å². The Kier molecular flexibility index (Phi) is 5.63. The summed E-state index contributed by atoms with van der Waals surface area (Å²) >= 11 is 7.04. The zero-order valence-electron chi connectivity index (χ0n) is 16.1. The van der Waals surface area contributed by atoms with Crippen LogP contribution in [0.5, 0.6) is 5.75 Å². The molecule has 0 unspecified atom stereocenters. The van der Waals surface area contributed by atoms with Gasteiger partial charge in [0.1, 0.15) is 10.9 Å². The average molecular weight is 450 g/mol. The van der Waals surface area contributed by atoms with Gasteiger partial charge in [0.2, 0.25) is 5.13 Å². The molecule has 0 saturated carbocycles. The third-order valence-corrected chi connectivity index (χ3v) is 5.86. The number of hydrogen-bond donors (Lipinski definition) is 1. The Hall–Kier alpha value is -2.69. The molecule has 30 heavy (non-hydrogen) atoms. The molecule has 4 rings (SSSR count). The highest BCUT2D eigenvalue weighted by Gasteiger charge is 2.40. The molecular formula is C19H17ClFN5O3S. The van der Waals surface area contributed by atoms with E-state index in [9.17, 15) is 9.18 Å². The molecule has 3 aromatic heterocycles. The van der Waals surface area contributed by atoms with Gasteiger partial charge in [-0.1, -0.05) is 22.9 Å². The van der Waals surface area contributed by atoms with E-state index < -0.39 is 11.6 Å². The lowest BCUT2D eigenvalue weighted by Gasteiger charge is -2.13. The van der Waals surface area contributed by atoms with Crippen LogP contribution in [0.1, 0.15) is 27.5 Å². The van der Waals surface area contributed by atoms with E-state index in [0.29, 0.717) is 29.2 Å². The fourth-order valence-corrected chi connectivity index (χ4v) is 4.07. The molecule has 1 aliphatic rings. The summed E-state index contributed by atoms with van der Waals surface area (Å²) < 4.78 is 25.3. The van der Waals surface area contributed by atoms with Crippen molar-refractivity contribution in [2.24, 2.45) is 0 Å². The first kappa shape index (κ1) is 20.6. The van der Waals surface area contributed by atoms with E-state index in [2.05, 4.69) is 25.5 Å². The molecule has 3 aromatic rings. The van der Waals surface area contributed by atoms with Gasteiger partial charge in [-0.15, -0.1) is 10.2 Å². The number of hydrogen-bond acceptors (Lipinski definition) is 8. The second kappa shape index (κ2) is 8.21. The van der Waals surface area contributed by atoms with Gasteiger partial charge in [-0.25, -0.2) is 9.37 Å². The number of aryl methyl sites for hydroxylation is 1. The maximum atomic E-state index is 14.8. The van der Waals surface area contributed by atoms with Crippen molar-refractivity contribution >= 4 is 34.0 Å². The lowest BCUT2D eigenvalue weighted by molar-refractivity contribution is 0.102. The Morgan fingerprint density at radius 2 is 2.13 bits per heavy atom. The zero-order valence-corrected chi connectivity index (χ0v) is 17.7. The molecule has 0 aliphatic carbocycles. The number of anilines is 1. The van der Waals surface area contributed by atoms with Crippen LogP contribution < -0.4 is 10.1 Å². The molecule has 1 saturated heterocycles. The van der Waals surface area contributed by atoms with Gasteiger partial charge in [-0.3, -0.25) is 15.1 Å². The molecule has 0 bridgehead atoms. The SMILES string of the molecule is COc1cnc(Cl)cc1-c1cc(C)ncc1C(=O)Nc1nnc([C@]2(F)CCOC2)s1. The van der Waals surface area contributed by atoms with E-state index in [1.807, 2.05) is 6.92 Å². The summed E-state index contributed by atoms with van der Waals surface area (Å²) in [6.07, 6.45) is 3.15. The molecular weight excluding hydrogens is 433 g/mol. The predicted molar refractivity (Wildman–Crippen MR) is 110 cm³/mol. The van der Waals surface area contributed by atoms with Crippen molar-refractivity contribution in [2.45, 2.75) is 19.0 Å². The molecule has 156 valence electrons. The second-order valence-corrected chi connectivity index (χ2v) is 8.08. The largest absolute Gasteiger partial charge is 0.494 e. The molecule has 11 heteroatoms. The van der Waals surface area contributed by atoms with E-state index in [1.54, 1.807) is 12.1 Å². The van der Waals surface area contributed by atoms with E-state index in [-0.39, 0.29) is 33.9 Å². The molecule has 1 fully saturated rings. The minimum absolute atomic E-state index is 0.0653. The van der Waals surface area contributed by atoms with Gasteiger partial charge in [0, 0.05) is 29.4 Å². The smallest absolute Gasteiger partial charge is 0.259 e. The van der Waals surface area contributed by atoms with Gasteiger partial charge in [0.25, 0.3) is 5.91 Å². The highest BCUT2D eigenvalue weighted by atomic mass is 35.5. The Balaban J connectivity index is 1.66. The van der Waals surface area contributed by atoms with Crippen LogP contribution in [0.25, 0.3) is 11.1 Å². The van der Waals surface area contributed by atoms with Crippen molar-refractivity contribution in [2.75, 3.05) is 25.6 Å². The molecule has 1 atom stereocenters. The molecule has 4 heterocycles. The number of carbonyl (C=O) groups excluding carboxylic acids is 1. The van der Waals surface area contributed by atoms with Crippen molar-refractivity contribution < 1.29 is 18.7 Å². The number of rotatable bonds is 5. The Morgan fingerprint density at radius 1 is 1.30 bits per heavy atom. The lowest BCUT2D eigenvalue weighted by atomic mass is 10.0. The number of nitrogens with zero attached hydrogens (tertiary/aromatic N) is 4. The summed E-state index contributed by atoms with van der Waals surface area (Å²) in [6, 6.07) is 3.36. The van der Waals surface area contributed by atoms with Gasteiger partial charge in [0.15, 0.2) is 10.7 Å². The van der Waals surface area contributed by atoms with Gasteiger partial charge in [-0.2, -0.15) is 0 Å². The van der Waals surface area contributed by atoms with Crippen LogP contribution in [0.4, 0.5) is 9.52 Å². The second-order valence-electron chi connectivity index (χ2n) is 6.71. The summed E-state index contributed by atoms with van der Waals surface area (Å²) in [5.41, 5.74) is 0.472. The normalized spacial score (nSPS) is 18.4. The molecule has 0 spiro atoms. The van der Waals surface area contributed by atoms with Crippen LogP contribution in [0.2, 0.25) is 5.15 Å². The summed E-state index contributed by atoms with van der Waals surface area (Å²) in [7, 11) is 1.50. The number of halogens is 2. The van der Waals surface area contributed by atoms with Gasteiger partial charge >= 0.3 is 0 Å². The average Bonchev–Trinajstić information content (AvgIpc) is 3.38. The topological polar surface area (TPSA) is 99.1 Å². The van der Waals surface area contributed by atoms with Gasteiger partial charge in [-0.05, 0) is 19.1 Å². The van der Waals surface area contributed by atoms with Crippen molar-refractivity contribution in [1.29, 1.82) is 0 Å². The highest BCUT2D eigenvalue weighted by molar-refractivity contribution is 7.15. The van der Waals surface area contributed by atoms with Crippen LogP contribution in [0.3, 0.4) is 0 Å². The minimum Gasteiger partial charge on any atom is -0.494 e. The third kappa shape index (κ3) is 3.98. The quantitative estimate of drug-likeness (QED) is 0.591. The molecule has 1 amide bonds. The number of nitrogens with one attached hydrogen (secondary N) is 1. The number of amides is 1. The molecule has 1 N–H and O–H groups in total. The van der Waals surface area contributed by atoms with Crippen molar-refractivity contribution in [3.63, 3.8) is 0 Å². The van der Waals surface area contributed by atoms with Crippen LogP contribution in [0, 0.1) is 6.92 Å². The monoisotopic (exact) mass is 449 g/mol. The minimum atomic E-state index is -1.67. The molecule has 0 radical (unpaired) electrons. The fraction of sp³-hybridized carbons (Fsp3) is 0.316. The van der Waals surface area contributed by atoms with Crippen molar-refractivity contribution in [1.82, 2.24) is 20.2 Å². The van der Waals surface area contributed by atoms with Gasteiger partial charge < -0.3 is 9.47 Å². The maximum Gasteiger partial charge on any atom is 0.259 e. The van der Waals surface area contributed by atoms with Crippen molar-refractivity contribution in [3.8, 4) is 16.9 Å². The van der Waals surface area contributed by atoms with Gasteiger partial charge in [0.05, 0.1) is 32.1 Å². The predicted octanol–water partition coefficient (Wildman–Crippen LogP) is 3.80. The van der Waals surface area contributed by atoms with E-state index in [4.69, 9.17) is 21.1 Å². The number of alkyl halides is 1. The summed E-state index contributed by atoms with van der Waals surface area (Å²) in [6.45, 7) is 2.07. The fourth-order valence-electron chi connectivity index (χ4n) is 3.08. The first-order valence-corrected chi connectivity index (χ1v) is 10.2. The zero-order chi connectivity index (χ0) is 21.3. The summed E-state index contributed by atoms with van der Waals surface area (Å²) in [5.74, 6) is -0.0105. The van der Waals surface area contributed by atoms with E-state index in [0.717, 1.165) is 11.3 Å². The number of aromatic nitrogens is 4. The first-order chi connectivity index (χ1) is 14.4. The number of pyridine rings is 2. The Morgan fingerprint density at radius 3 is 2.87 bits per heavy atom. The first-order valence-electron chi connectivity index (χ1n) is 8.98.